The van der Waals surface area contributed by atoms with Crippen molar-refractivity contribution < 1.29 is 4.92 Å². The summed E-state index contributed by atoms with van der Waals surface area (Å²) in [6, 6.07) is 12.1. The molecular formula is C16H7Cl2N3O2S. The van der Waals surface area contributed by atoms with Crippen LogP contribution in [0.3, 0.4) is 0 Å². The first-order valence-corrected chi connectivity index (χ1v) is 8.18. The van der Waals surface area contributed by atoms with Crippen molar-refractivity contribution in [3.05, 3.63) is 67.1 Å². The zero-order chi connectivity index (χ0) is 17.3. The van der Waals surface area contributed by atoms with E-state index in [0.29, 0.717) is 10.6 Å². The van der Waals surface area contributed by atoms with E-state index >= 15 is 0 Å². The van der Waals surface area contributed by atoms with Crippen LogP contribution < -0.4 is 0 Å². The molecule has 0 atom stereocenters. The van der Waals surface area contributed by atoms with Gasteiger partial charge in [-0.3, -0.25) is 10.1 Å². The quantitative estimate of drug-likeness (QED) is 0.340. The Hall–Kier alpha value is -2.46. The molecule has 0 saturated carbocycles. The largest absolute Gasteiger partial charge is 0.288 e. The Kier molecular flexibility index (Phi) is 4.49. The monoisotopic (exact) mass is 375 g/mol. The number of aromatic nitrogens is 1. The summed E-state index contributed by atoms with van der Waals surface area (Å²) in [5.41, 5.74) is 1.12. The van der Waals surface area contributed by atoms with Gasteiger partial charge in [0, 0.05) is 16.7 Å². The van der Waals surface area contributed by atoms with Gasteiger partial charge in [-0.1, -0.05) is 35.3 Å². The summed E-state index contributed by atoms with van der Waals surface area (Å²) in [5, 5.41) is 21.1. The van der Waals surface area contributed by atoms with Gasteiger partial charge in [0.15, 0.2) is 0 Å². The lowest BCUT2D eigenvalue weighted by atomic mass is 10.1. The molecule has 3 aromatic rings. The van der Waals surface area contributed by atoms with Gasteiger partial charge < -0.3 is 0 Å². The molecule has 0 aliphatic heterocycles. The number of nitro benzene ring substituents is 1. The molecule has 0 aliphatic rings. The summed E-state index contributed by atoms with van der Waals surface area (Å²) >= 11 is 13.3. The molecule has 24 heavy (non-hydrogen) atoms. The van der Waals surface area contributed by atoms with E-state index in [9.17, 15) is 15.4 Å². The van der Waals surface area contributed by atoms with Crippen molar-refractivity contribution in [2.75, 3.05) is 0 Å². The molecule has 0 aliphatic carbocycles. The molecule has 3 rings (SSSR count). The van der Waals surface area contributed by atoms with Crippen LogP contribution in [0.2, 0.25) is 10.0 Å². The van der Waals surface area contributed by atoms with Gasteiger partial charge in [0.2, 0.25) is 0 Å². The highest BCUT2D eigenvalue weighted by atomic mass is 35.5. The van der Waals surface area contributed by atoms with Crippen molar-refractivity contribution in [1.29, 1.82) is 5.26 Å². The highest BCUT2D eigenvalue weighted by Gasteiger charge is 2.16. The first-order valence-electron chi connectivity index (χ1n) is 6.61. The van der Waals surface area contributed by atoms with Crippen LogP contribution in [0.1, 0.15) is 10.6 Å². The number of allylic oxidation sites excluding steroid dienone is 1. The lowest BCUT2D eigenvalue weighted by Gasteiger charge is -2.02. The van der Waals surface area contributed by atoms with Crippen molar-refractivity contribution in [2.45, 2.75) is 0 Å². The Bertz CT molecular complexity index is 1000. The van der Waals surface area contributed by atoms with E-state index in [4.69, 9.17) is 23.2 Å². The number of nitriles is 1. The molecule has 1 heterocycles. The van der Waals surface area contributed by atoms with Crippen molar-refractivity contribution in [1.82, 2.24) is 4.98 Å². The average Bonchev–Trinajstić information content (AvgIpc) is 2.97. The topological polar surface area (TPSA) is 79.8 Å². The highest BCUT2D eigenvalue weighted by Crippen LogP contribution is 2.34. The summed E-state index contributed by atoms with van der Waals surface area (Å²) in [4.78, 5) is 14.8. The van der Waals surface area contributed by atoms with E-state index in [2.05, 4.69) is 11.1 Å². The van der Waals surface area contributed by atoms with E-state index in [1.165, 1.54) is 29.5 Å². The first kappa shape index (κ1) is 16.4. The second-order valence-corrected chi connectivity index (χ2v) is 6.58. The number of hydrogen-bond donors (Lipinski definition) is 0. The van der Waals surface area contributed by atoms with Crippen LogP contribution in [-0.4, -0.2) is 9.91 Å². The van der Waals surface area contributed by atoms with Gasteiger partial charge in [-0.25, -0.2) is 4.98 Å². The van der Waals surface area contributed by atoms with Crippen LogP contribution in [0.4, 0.5) is 5.69 Å². The smallest absolute Gasteiger partial charge is 0.258 e. The maximum atomic E-state index is 11.0. The zero-order valence-corrected chi connectivity index (χ0v) is 14.2. The highest BCUT2D eigenvalue weighted by molar-refractivity contribution is 7.19. The number of thiazole rings is 1. The summed E-state index contributed by atoms with van der Waals surface area (Å²) in [5.74, 6) is 0. The van der Waals surface area contributed by atoms with Crippen molar-refractivity contribution >= 4 is 62.1 Å². The number of nitrogens with zero attached hydrogens (tertiary/aromatic N) is 3. The second kappa shape index (κ2) is 6.57. The maximum absolute atomic E-state index is 11.0. The Labute approximate surface area is 150 Å². The first-order chi connectivity index (χ1) is 11.5. The number of hydrogen-bond acceptors (Lipinski definition) is 5. The SMILES string of the molecule is N#CC(=Cc1cc([N+](=O)[O-])c(Cl)cc1Cl)c1nc2ccccc2s1. The molecule has 118 valence electrons. The lowest BCUT2D eigenvalue weighted by Crippen LogP contribution is -1.91. The van der Waals surface area contributed by atoms with Gasteiger partial charge in [0.25, 0.3) is 5.69 Å². The summed E-state index contributed by atoms with van der Waals surface area (Å²) in [7, 11) is 0. The number of benzene rings is 2. The van der Waals surface area contributed by atoms with Crippen LogP contribution in [-0.2, 0) is 0 Å². The summed E-state index contributed by atoms with van der Waals surface area (Å²) < 4.78 is 0.946. The van der Waals surface area contributed by atoms with E-state index in [0.717, 1.165) is 10.2 Å². The molecule has 0 saturated heterocycles. The molecule has 1 aromatic heterocycles. The van der Waals surface area contributed by atoms with Gasteiger partial charge in [0.1, 0.15) is 16.1 Å². The Morgan fingerprint density at radius 3 is 2.71 bits per heavy atom. The number of halogens is 2. The Morgan fingerprint density at radius 2 is 2.04 bits per heavy atom. The fraction of sp³-hybridized carbons (Fsp3) is 0. The van der Waals surface area contributed by atoms with Gasteiger partial charge in [-0.05, 0) is 24.3 Å². The molecule has 0 radical (unpaired) electrons. The maximum Gasteiger partial charge on any atom is 0.288 e. The van der Waals surface area contributed by atoms with Crippen molar-refractivity contribution in [3.63, 3.8) is 0 Å². The number of fused-ring (bicyclic) bond motifs is 1. The standard InChI is InChI=1S/C16H7Cl2N3O2S/c17-11-7-12(18)14(21(22)23)6-9(11)5-10(8-19)16-20-13-3-1-2-4-15(13)24-16/h1-7H. The van der Waals surface area contributed by atoms with E-state index in [1.54, 1.807) is 0 Å². The zero-order valence-electron chi connectivity index (χ0n) is 11.9. The number of rotatable bonds is 3. The third-order valence-electron chi connectivity index (χ3n) is 3.21. The van der Waals surface area contributed by atoms with E-state index in [-0.39, 0.29) is 21.3 Å². The number of nitro groups is 1. The lowest BCUT2D eigenvalue weighted by molar-refractivity contribution is -0.384. The molecule has 0 amide bonds. The minimum absolute atomic E-state index is 0.0550. The van der Waals surface area contributed by atoms with Crippen LogP contribution in [0, 0.1) is 21.4 Å². The number of para-hydroxylation sites is 1. The minimum Gasteiger partial charge on any atom is -0.258 e. The summed E-state index contributed by atoms with van der Waals surface area (Å²) in [6.07, 6.45) is 1.48. The van der Waals surface area contributed by atoms with Gasteiger partial charge >= 0.3 is 0 Å². The molecule has 5 nitrogen and oxygen atoms in total. The van der Waals surface area contributed by atoms with Crippen LogP contribution >= 0.6 is 34.5 Å². The normalized spacial score (nSPS) is 11.5. The fourth-order valence-corrected chi connectivity index (χ4v) is 3.53. The Morgan fingerprint density at radius 1 is 1.29 bits per heavy atom. The Balaban J connectivity index is 2.13. The second-order valence-electron chi connectivity index (χ2n) is 4.74. The van der Waals surface area contributed by atoms with Crippen molar-refractivity contribution in [2.24, 2.45) is 0 Å². The molecule has 0 unspecified atom stereocenters. The molecule has 0 N–H and O–H groups in total. The molecule has 0 fully saturated rings. The predicted molar refractivity (Wildman–Crippen MR) is 96.2 cm³/mol. The van der Waals surface area contributed by atoms with E-state index < -0.39 is 4.92 Å². The predicted octanol–water partition coefficient (Wildman–Crippen LogP) is 5.58. The molecule has 2 aromatic carbocycles. The van der Waals surface area contributed by atoms with Gasteiger partial charge in [-0.2, -0.15) is 5.26 Å². The third-order valence-corrected chi connectivity index (χ3v) is 4.91. The molecule has 8 heteroatoms. The third kappa shape index (κ3) is 3.10. The summed E-state index contributed by atoms with van der Waals surface area (Å²) in [6.45, 7) is 0. The van der Waals surface area contributed by atoms with Crippen LogP contribution in [0.15, 0.2) is 36.4 Å². The van der Waals surface area contributed by atoms with Crippen molar-refractivity contribution in [3.8, 4) is 6.07 Å². The van der Waals surface area contributed by atoms with E-state index in [1.807, 2.05) is 24.3 Å². The van der Waals surface area contributed by atoms with Crippen LogP contribution in [0.5, 0.6) is 0 Å². The average molecular weight is 376 g/mol. The van der Waals surface area contributed by atoms with Gasteiger partial charge in [-0.15, -0.1) is 11.3 Å². The minimum atomic E-state index is -0.597. The molecular weight excluding hydrogens is 369 g/mol. The van der Waals surface area contributed by atoms with Crippen LogP contribution in [0.25, 0.3) is 21.9 Å². The fourth-order valence-electron chi connectivity index (χ4n) is 2.09. The van der Waals surface area contributed by atoms with Gasteiger partial charge in [0.05, 0.1) is 20.7 Å². The molecule has 0 bridgehead atoms. The molecule has 0 spiro atoms.